The summed E-state index contributed by atoms with van der Waals surface area (Å²) in [6.45, 7) is 2.03. The van der Waals surface area contributed by atoms with E-state index in [2.05, 4.69) is 10.3 Å². The molecule has 0 bridgehead atoms. The van der Waals surface area contributed by atoms with E-state index in [0.717, 1.165) is 18.6 Å². The molecule has 20 heavy (non-hydrogen) atoms. The van der Waals surface area contributed by atoms with Crippen molar-refractivity contribution in [2.75, 3.05) is 5.32 Å². The summed E-state index contributed by atoms with van der Waals surface area (Å²) in [5.41, 5.74) is 1.01. The number of rotatable bonds is 3. The van der Waals surface area contributed by atoms with Crippen LogP contribution in [0.15, 0.2) is 23.6 Å². The van der Waals surface area contributed by atoms with Crippen LogP contribution in [-0.2, 0) is 4.79 Å². The number of halogens is 2. The molecule has 1 saturated carbocycles. The topological polar surface area (TPSA) is 42.0 Å². The average Bonchev–Trinajstić information content (AvgIpc) is 2.97. The maximum atomic E-state index is 13.2. The standard InChI is InChI=1S/C14H12F2N2OS/c1-7-4-9(7)13(19)18-14-17-12(6-20-14)8-2-3-10(15)11(16)5-8/h2-3,5-7,9H,4H2,1H3,(H,17,18,19)/t7-,9-/m0/s1. The van der Waals surface area contributed by atoms with E-state index in [0.29, 0.717) is 22.3 Å². The fourth-order valence-electron chi connectivity index (χ4n) is 2.00. The molecule has 2 atom stereocenters. The van der Waals surface area contributed by atoms with Gasteiger partial charge in [-0.25, -0.2) is 13.8 Å². The number of hydrogen-bond acceptors (Lipinski definition) is 3. The third kappa shape index (κ3) is 2.56. The molecule has 104 valence electrons. The fourth-order valence-corrected chi connectivity index (χ4v) is 2.73. The van der Waals surface area contributed by atoms with E-state index in [1.165, 1.54) is 17.4 Å². The molecule has 1 fully saturated rings. The van der Waals surface area contributed by atoms with Gasteiger partial charge in [0.2, 0.25) is 5.91 Å². The number of benzene rings is 1. The minimum Gasteiger partial charge on any atom is -0.302 e. The van der Waals surface area contributed by atoms with Crippen LogP contribution in [0.25, 0.3) is 11.3 Å². The molecule has 1 N–H and O–H groups in total. The van der Waals surface area contributed by atoms with Crippen molar-refractivity contribution < 1.29 is 13.6 Å². The second kappa shape index (κ2) is 4.94. The van der Waals surface area contributed by atoms with Gasteiger partial charge in [-0.2, -0.15) is 0 Å². The summed E-state index contributed by atoms with van der Waals surface area (Å²) < 4.78 is 26.0. The highest BCUT2D eigenvalue weighted by Gasteiger charge is 2.39. The first kappa shape index (κ1) is 13.2. The van der Waals surface area contributed by atoms with E-state index in [1.807, 2.05) is 6.92 Å². The Bertz CT molecular complexity index is 671. The predicted octanol–water partition coefficient (Wildman–Crippen LogP) is 3.68. The van der Waals surface area contributed by atoms with Crippen molar-refractivity contribution in [3.8, 4) is 11.3 Å². The van der Waals surface area contributed by atoms with Gasteiger partial charge in [0.1, 0.15) is 0 Å². The number of nitrogens with one attached hydrogen (secondary N) is 1. The van der Waals surface area contributed by atoms with Crippen LogP contribution in [0.5, 0.6) is 0 Å². The highest BCUT2D eigenvalue weighted by molar-refractivity contribution is 7.14. The van der Waals surface area contributed by atoms with E-state index >= 15 is 0 Å². The zero-order valence-electron chi connectivity index (χ0n) is 10.7. The first-order chi connectivity index (χ1) is 9.54. The summed E-state index contributed by atoms with van der Waals surface area (Å²) in [5, 5.41) is 4.94. The minimum absolute atomic E-state index is 0.0244. The molecule has 1 aromatic carbocycles. The van der Waals surface area contributed by atoms with Crippen LogP contribution in [0.1, 0.15) is 13.3 Å². The van der Waals surface area contributed by atoms with Crippen LogP contribution in [-0.4, -0.2) is 10.9 Å². The zero-order chi connectivity index (χ0) is 14.3. The van der Waals surface area contributed by atoms with Gasteiger partial charge in [0.15, 0.2) is 16.8 Å². The van der Waals surface area contributed by atoms with Crippen molar-refractivity contribution in [2.45, 2.75) is 13.3 Å². The Morgan fingerprint density at radius 1 is 1.40 bits per heavy atom. The zero-order valence-corrected chi connectivity index (χ0v) is 11.5. The second-order valence-electron chi connectivity index (χ2n) is 4.98. The van der Waals surface area contributed by atoms with Crippen molar-refractivity contribution >= 4 is 22.4 Å². The Kier molecular flexibility index (Phi) is 3.25. The molecule has 3 nitrogen and oxygen atoms in total. The molecule has 6 heteroatoms. The normalized spacial score (nSPS) is 20.8. The number of nitrogens with zero attached hydrogens (tertiary/aromatic N) is 1. The van der Waals surface area contributed by atoms with Crippen LogP contribution in [0.2, 0.25) is 0 Å². The lowest BCUT2D eigenvalue weighted by Crippen LogP contribution is -2.14. The third-order valence-corrected chi connectivity index (χ3v) is 4.15. The monoisotopic (exact) mass is 294 g/mol. The van der Waals surface area contributed by atoms with Crippen LogP contribution in [0.4, 0.5) is 13.9 Å². The Labute approximate surface area is 118 Å². The van der Waals surface area contributed by atoms with E-state index in [1.54, 1.807) is 5.38 Å². The summed E-state index contributed by atoms with van der Waals surface area (Å²) in [6.07, 6.45) is 0.910. The second-order valence-corrected chi connectivity index (χ2v) is 5.83. The molecular formula is C14H12F2N2OS. The molecule has 3 rings (SSSR count). The maximum absolute atomic E-state index is 13.2. The van der Waals surface area contributed by atoms with Gasteiger partial charge in [-0.3, -0.25) is 4.79 Å². The molecule has 1 aliphatic carbocycles. The van der Waals surface area contributed by atoms with Gasteiger partial charge < -0.3 is 5.32 Å². The molecule has 0 saturated heterocycles. The predicted molar refractivity (Wildman–Crippen MR) is 73.4 cm³/mol. The lowest BCUT2D eigenvalue weighted by molar-refractivity contribution is -0.117. The Balaban J connectivity index is 1.76. The SMILES string of the molecule is C[C@H]1C[C@@H]1C(=O)Nc1nc(-c2ccc(F)c(F)c2)cs1. The van der Waals surface area contributed by atoms with Gasteiger partial charge in [0.05, 0.1) is 5.69 Å². The number of anilines is 1. The molecule has 1 amide bonds. The molecule has 1 aromatic heterocycles. The molecular weight excluding hydrogens is 282 g/mol. The Hall–Kier alpha value is -1.82. The van der Waals surface area contributed by atoms with Crippen molar-refractivity contribution in [2.24, 2.45) is 11.8 Å². The Morgan fingerprint density at radius 3 is 2.80 bits per heavy atom. The summed E-state index contributed by atoms with van der Waals surface area (Å²) in [4.78, 5) is 16.0. The molecule has 2 aromatic rings. The van der Waals surface area contributed by atoms with Crippen molar-refractivity contribution in [1.82, 2.24) is 4.98 Å². The van der Waals surface area contributed by atoms with Crippen molar-refractivity contribution in [1.29, 1.82) is 0 Å². The van der Waals surface area contributed by atoms with Gasteiger partial charge in [-0.05, 0) is 30.5 Å². The number of hydrogen-bond donors (Lipinski definition) is 1. The molecule has 1 heterocycles. The van der Waals surface area contributed by atoms with Crippen LogP contribution < -0.4 is 5.32 Å². The molecule has 0 unspecified atom stereocenters. The van der Waals surface area contributed by atoms with Gasteiger partial charge in [0.25, 0.3) is 0 Å². The number of thiazole rings is 1. The van der Waals surface area contributed by atoms with Gasteiger partial charge in [0, 0.05) is 16.9 Å². The van der Waals surface area contributed by atoms with Gasteiger partial charge in [-0.1, -0.05) is 6.92 Å². The fraction of sp³-hybridized carbons (Fsp3) is 0.286. The summed E-state index contributed by atoms with van der Waals surface area (Å²) in [7, 11) is 0. The number of carbonyl (C=O) groups is 1. The van der Waals surface area contributed by atoms with E-state index in [-0.39, 0.29) is 11.8 Å². The summed E-state index contributed by atoms with van der Waals surface area (Å²) >= 11 is 1.27. The van der Waals surface area contributed by atoms with Crippen molar-refractivity contribution in [3.63, 3.8) is 0 Å². The van der Waals surface area contributed by atoms with E-state index in [9.17, 15) is 13.6 Å². The molecule has 0 aliphatic heterocycles. The molecule has 0 radical (unpaired) electrons. The van der Waals surface area contributed by atoms with Crippen LogP contribution in [0.3, 0.4) is 0 Å². The lowest BCUT2D eigenvalue weighted by Gasteiger charge is -2.00. The first-order valence-electron chi connectivity index (χ1n) is 6.26. The quantitative estimate of drug-likeness (QED) is 0.938. The number of aromatic nitrogens is 1. The average molecular weight is 294 g/mol. The van der Waals surface area contributed by atoms with Gasteiger partial charge >= 0.3 is 0 Å². The lowest BCUT2D eigenvalue weighted by atomic mass is 10.2. The smallest absolute Gasteiger partial charge is 0.229 e. The van der Waals surface area contributed by atoms with Crippen LogP contribution in [0, 0.1) is 23.5 Å². The first-order valence-corrected chi connectivity index (χ1v) is 7.14. The van der Waals surface area contributed by atoms with E-state index < -0.39 is 11.6 Å². The minimum atomic E-state index is -0.909. The molecule has 0 spiro atoms. The van der Waals surface area contributed by atoms with Crippen molar-refractivity contribution in [3.05, 3.63) is 35.2 Å². The number of carbonyl (C=O) groups excluding carboxylic acids is 1. The van der Waals surface area contributed by atoms with E-state index in [4.69, 9.17) is 0 Å². The van der Waals surface area contributed by atoms with Crippen LogP contribution >= 0.6 is 11.3 Å². The highest BCUT2D eigenvalue weighted by Crippen LogP contribution is 2.38. The van der Waals surface area contributed by atoms with Gasteiger partial charge in [-0.15, -0.1) is 11.3 Å². The third-order valence-electron chi connectivity index (χ3n) is 3.40. The number of amides is 1. The summed E-state index contributed by atoms with van der Waals surface area (Å²) in [5.74, 6) is -1.32. The summed E-state index contributed by atoms with van der Waals surface area (Å²) in [6, 6.07) is 3.62. The Morgan fingerprint density at radius 2 is 2.15 bits per heavy atom. The molecule has 1 aliphatic rings. The largest absolute Gasteiger partial charge is 0.302 e. The highest BCUT2D eigenvalue weighted by atomic mass is 32.1. The maximum Gasteiger partial charge on any atom is 0.229 e.